The molecule has 1 aromatic heterocycles. The van der Waals surface area contributed by atoms with Crippen molar-refractivity contribution in [2.45, 2.75) is 20.4 Å². The first kappa shape index (κ1) is 17.3. The van der Waals surface area contributed by atoms with Gasteiger partial charge in [0.2, 0.25) is 6.79 Å². The number of fused-ring (bicyclic) bond motifs is 1. The molecule has 2 aromatic rings. The number of rotatable bonds is 6. The standard InChI is InChI=1S/C17H22N4O3S/c1-11-16(25-12(2)21-11)9-20-17(18-3)19-6-7-22-13-4-5-14-15(8-13)24-10-23-14/h4-5,8H,6-7,9-10H2,1-3H3,(H2,18,19,20). The average Bonchev–Trinajstić information content (AvgIpc) is 3.19. The van der Waals surface area contributed by atoms with Crippen molar-refractivity contribution in [2.24, 2.45) is 4.99 Å². The number of thiazole rings is 1. The van der Waals surface area contributed by atoms with Crippen molar-refractivity contribution in [1.29, 1.82) is 0 Å². The van der Waals surface area contributed by atoms with Crippen molar-refractivity contribution in [1.82, 2.24) is 15.6 Å². The van der Waals surface area contributed by atoms with E-state index in [0.717, 1.165) is 33.9 Å². The molecule has 0 spiro atoms. The van der Waals surface area contributed by atoms with E-state index in [0.29, 0.717) is 19.7 Å². The molecule has 134 valence electrons. The van der Waals surface area contributed by atoms with Gasteiger partial charge in [-0.05, 0) is 26.0 Å². The van der Waals surface area contributed by atoms with Crippen molar-refractivity contribution >= 4 is 17.3 Å². The third-order valence-corrected chi connectivity index (χ3v) is 4.72. The van der Waals surface area contributed by atoms with Crippen LogP contribution >= 0.6 is 11.3 Å². The Hall–Kier alpha value is -2.48. The van der Waals surface area contributed by atoms with Crippen molar-refractivity contribution in [3.8, 4) is 17.2 Å². The first-order valence-electron chi connectivity index (χ1n) is 8.05. The van der Waals surface area contributed by atoms with Gasteiger partial charge in [0.15, 0.2) is 17.5 Å². The smallest absolute Gasteiger partial charge is 0.231 e. The Labute approximate surface area is 151 Å². The van der Waals surface area contributed by atoms with E-state index < -0.39 is 0 Å². The topological polar surface area (TPSA) is 77.0 Å². The van der Waals surface area contributed by atoms with Gasteiger partial charge in [-0.2, -0.15) is 0 Å². The van der Waals surface area contributed by atoms with Crippen LogP contribution in [0.25, 0.3) is 0 Å². The van der Waals surface area contributed by atoms with Crippen LogP contribution < -0.4 is 24.8 Å². The minimum atomic E-state index is 0.265. The highest BCUT2D eigenvalue weighted by atomic mass is 32.1. The molecule has 0 amide bonds. The van der Waals surface area contributed by atoms with Crippen LogP contribution in [0.3, 0.4) is 0 Å². The Bertz CT molecular complexity index is 760. The van der Waals surface area contributed by atoms with Gasteiger partial charge in [-0.1, -0.05) is 0 Å². The zero-order chi connectivity index (χ0) is 17.6. The lowest BCUT2D eigenvalue weighted by molar-refractivity contribution is 0.173. The summed E-state index contributed by atoms with van der Waals surface area (Å²) < 4.78 is 16.3. The molecule has 1 aromatic carbocycles. The van der Waals surface area contributed by atoms with Gasteiger partial charge in [0.05, 0.1) is 23.8 Å². The van der Waals surface area contributed by atoms with Gasteiger partial charge in [-0.15, -0.1) is 11.3 Å². The SMILES string of the molecule is CN=C(NCCOc1ccc2c(c1)OCO2)NCc1sc(C)nc1C. The molecule has 2 heterocycles. The van der Waals surface area contributed by atoms with Crippen LogP contribution in [0.1, 0.15) is 15.6 Å². The summed E-state index contributed by atoms with van der Waals surface area (Å²) in [4.78, 5) is 9.87. The Balaban J connectivity index is 1.40. The molecule has 1 aliphatic rings. The van der Waals surface area contributed by atoms with E-state index in [1.165, 1.54) is 4.88 Å². The van der Waals surface area contributed by atoms with Crippen LogP contribution in [0.4, 0.5) is 0 Å². The molecule has 0 saturated carbocycles. The molecule has 8 heteroatoms. The number of ether oxygens (including phenoxy) is 3. The Morgan fingerprint density at radius 2 is 2.12 bits per heavy atom. The second-order valence-corrected chi connectivity index (χ2v) is 6.75. The van der Waals surface area contributed by atoms with Crippen LogP contribution in [-0.4, -0.2) is 37.9 Å². The third kappa shape index (κ3) is 4.54. The van der Waals surface area contributed by atoms with Crippen molar-refractivity contribution < 1.29 is 14.2 Å². The molecular formula is C17H22N4O3S. The monoisotopic (exact) mass is 362 g/mol. The van der Waals surface area contributed by atoms with Gasteiger partial charge in [-0.25, -0.2) is 4.98 Å². The fourth-order valence-electron chi connectivity index (χ4n) is 2.43. The highest BCUT2D eigenvalue weighted by Crippen LogP contribution is 2.34. The van der Waals surface area contributed by atoms with Gasteiger partial charge in [-0.3, -0.25) is 4.99 Å². The first-order chi connectivity index (χ1) is 12.2. The molecule has 25 heavy (non-hydrogen) atoms. The minimum Gasteiger partial charge on any atom is -0.492 e. The summed E-state index contributed by atoms with van der Waals surface area (Å²) >= 11 is 1.70. The Morgan fingerprint density at radius 3 is 2.88 bits per heavy atom. The molecule has 1 aliphatic heterocycles. The number of guanidine groups is 1. The van der Waals surface area contributed by atoms with E-state index in [4.69, 9.17) is 14.2 Å². The van der Waals surface area contributed by atoms with E-state index >= 15 is 0 Å². The summed E-state index contributed by atoms with van der Waals surface area (Å²) in [5.74, 6) is 2.96. The van der Waals surface area contributed by atoms with Gasteiger partial charge in [0, 0.05) is 18.0 Å². The predicted molar refractivity (Wildman–Crippen MR) is 97.8 cm³/mol. The summed E-state index contributed by atoms with van der Waals surface area (Å²) in [5, 5.41) is 7.60. The first-order valence-corrected chi connectivity index (χ1v) is 8.87. The van der Waals surface area contributed by atoms with Crippen LogP contribution in [-0.2, 0) is 6.54 Å². The molecule has 7 nitrogen and oxygen atoms in total. The maximum Gasteiger partial charge on any atom is 0.231 e. The molecule has 0 atom stereocenters. The predicted octanol–water partition coefficient (Wildman–Crippen LogP) is 2.23. The fraction of sp³-hybridized carbons (Fsp3) is 0.412. The number of nitrogens with zero attached hydrogens (tertiary/aromatic N) is 2. The maximum atomic E-state index is 5.72. The third-order valence-electron chi connectivity index (χ3n) is 3.65. The summed E-state index contributed by atoms with van der Waals surface area (Å²) in [5.41, 5.74) is 1.07. The molecule has 0 fully saturated rings. The summed E-state index contributed by atoms with van der Waals surface area (Å²) in [6.07, 6.45) is 0. The maximum absolute atomic E-state index is 5.72. The minimum absolute atomic E-state index is 0.265. The summed E-state index contributed by atoms with van der Waals surface area (Å²) in [6, 6.07) is 5.56. The molecule has 0 radical (unpaired) electrons. The zero-order valence-corrected chi connectivity index (χ0v) is 15.4. The molecular weight excluding hydrogens is 340 g/mol. The molecule has 0 aliphatic carbocycles. The average molecular weight is 362 g/mol. The lowest BCUT2D eigenvalue weighted by Crippen LogP contribution is -2.38. The van der Waals surface area contributed by atoms with Crippen LogP contribution in [0.2, 0.25) is 0 Å². The molecule has 0 unspecified atom stereocenters. The number of aromatic nitrogens is 1. The molecule has 0 saturated heterocycles. The van der Waals surface area contributed by atoms with Gasteiger partial charge in [0.25, 0.3) is 0 Å². The zero-order valence-electron chi connectivity index (χ0n) is 14.6. The molecule has 0 bridgehead atoms. The lowest BCUT2D eigenvalue weighted by atomic mass is 10.3. The second-order valence-electron chi connectivity index (χ2n) is 5.46. The highest BCUT2D eigenvalue weighted by molar-refractivity contribution is 7.11. The Kier molecular flexibility index (Phi) is 5.60. The summed E-state index contributed by atoms with van der Waals surface area (Å²) in [7, 11) is 1.75. The normalized spacial score (nSPS) is 13.0. The molecule has 3 rings (SSSR count). The largest absolute Gasteiger partial charge is 0.492 e. The van der Waals surface area contributed by atoms with E-state index in [2.05, 4.69) is 20.6 Å². The molecule has 2 N–H and O–H groups in total. The van der Waals surface area contributed by atoms with Crippen LogP contribution in [0.15, 0.2) is 23.2 Å². The quantitative estimate of drug-likeness (QED) is 0.466. The lowest BCUT2D eigenvalue weighted by Gasteiger charge is -2.12. The van der Waals surface area contributed by atoms with Gasteiger partial charge >= 0.3 is 0 Å². The van der Waals surface area contributed by atoms with E-state index in [9.17, 15) is 0 Å². The van der Waals surface area contributed by atoms with Crippen LogP contribution in [0, 0.1) is 13.8 Å². The number of benzene rings is 1. The van der Waals surface area contributed by atoms with Gasteiger partial charge in [0.1, 0.15) is 12.4 Å². The number of hydrogen-bond donors (Lipinski definition) is 2. The van der Waals surface area contributed by atoms with Crippen LogP contribution in [0.5, 0.6) is 17.2 Å². The van der Waals surface area contributed by atoms with Crippen molar-refractivity contribution in [3.05, 3.63) is 33.8 Å². The van der Waals surface area contributed by atoms with E-state index in [1.807, 2.05) is 32.0 Å². The van der Waals surface area contributed by atoms with Crippen molar-refractivity contribution in [2.75, 3.05) is 27.0 Å². The Morgan fingerprint density at radius 1 is 1.28 bits per heavy atom. The number of aryl methyl sites for hydroxylation is 2. The number of aliphatic imine (C=N–C) groups is 1. The van der Waals surface area contributed by atoms with E-state index in [1.54, 1.807) is 18.4 Å². The second kappa shape index (κ2) is 8.06. The fourth-order valence-corrected chi connectivity index (χ4v) is 3.30. The van der Waals surface area contributed by atoms with Gasteiger partial charge < -0.3 is 24.8 Å². The van der Waals surface area contributed by atoms with Crippen molar-refractivity contribution in [3.63, 3.8) is 0 Å². The highest BCUT2D eigenvalue weighted by Gasteiger charge is 2.13. The van der Waals surface area contributed by atoms with E-state index in [-0.39, 0.29) is 6.79 Å². The summed E-state index contributed by atoms with van der Waals surface area (Å²) in [6.45, 7) is 6.16. The number of hydrogen-bond acceptors (Lipinski definition) is 6. The number of nitrogens with one attached hydrogen (secondary N) is 2.